The minimum atomic E-state index is -2.05. The average Bonchev–Trinajstić information content (AvgIpc) is 0.938. The van der Waals surface area contributed by atoms with Crippen molar-refractivity contribution in [3.8, 4) is 0 Å². The molecule has 11 amide bonds. The smallest absolute Gasteiger partial charge is 0.338 e. The molecule has 0 aromatic heterocycles. The summed E-state index contributed by atoms with van der Waals surface area (Å²) < 4.78 is 5.11. The molecule has 0 spiro atoms. The number of allylic oxidation sites excluding steroid dienone is 2. The maximum Gasteiger partial charge on any atom is 0.338 e. The molecule has 0 aromatic carbocycles. The van der Waals surface area contributed by atoms with Gasteiger partial charge in [-0.05, 0) is 100 Å². The Morgan fingerprint density at radius 3 is 1.39 bits per heavy atom. The van der Waals surface area contributed by atoms with Gasteiger partial charge in [0.1, 0.15) is 60.4 Å². The van der Waals surface area contributed by atoms with Gasteiger partial charge in [-0.15, -0.1) is 0 Å². The fourth-order valence-electron chi connectivity index (χ4n) is 11.2. The molecule has 25 nitrogen and oxygen atoms in total. The van der Waals surface area contributed by atoms with E-state index < -0.39 is 167 Å². The lowest BCUT2D eigenvalue weighted by Gasteiger charge is -2.41. The number of rotatable bonds is 15. The Morgan fingerprint density at radius 2 is 0.944 bits per heavy atom. The summed E-state index contributed by atoms with van der Waals surface area (Å²) in [5.74, 6) is -12.4. The quantitative estimate of drug-likeness (QED) is 0.0894. The molecule has 0 saturated carbocycles. The molecule has 1 fully saturated rings. The largest absolute Gasteiger partial charge is 0.467 e. The van der Waals surface area contributed by atoms with Gasteiger partial charge in [0.25, 0.3) is 5.91 Å². The van der Waals surface area contributed by atoms with E-state index in [1.165, 1.54) is 75.7 Å². The fourth-order valence-corrected chi connectivity index (χ4v) is 11.2. The first-order valence-corrected chi connectivity index (χ1v) is 31.8. The lowest BCUT2D eigenvalue weighted by atomic mass is 9.86. The van der Waals surface area contributed by atoms with E-state index in [0.717, 1.165) is 28.9 Å². The highest BCUT2D eigenvalue weighted by Crippen LogP contribution is 2.28. The third kappa shape index (κ3) is 22.0. The van der Waals surface area contributed by atoms with Crippen LogP contribution in [-0.4, -0.2) is 239 Å². The molecule has 0 aromatic rings. The van der Waals surface area contributed by atoms with E-state index in [4.69, 9.17) is 4.74 Å². The highest BCUT2D eigenvalue weighted by molar-refractivity contribution is 6.07. The number of methoxy groups -OCH3 is 1. The molecule has 25 heteroatoms. The number of carbonyl (C=O) groups excluding carboxylic acids is 12. The van der Waals surface area contributed by atoms with Crippen molar-refractivity contribution in [1.29, 1.82) is 0 Å². The molecule has 90 heavy (non-hydrogen) atoms. The van der Waals surface area contributed by atoms with Gasteiger partial charge in [-0.3, -0.25) is 52.7 Å². The van der Waals surface area contributed by atoms with E-state index in [-0.39, 0.29) is 56.3 Å². The second kappa shape index (κ2) is 35.8. The number of nitrogens with one attached hydrogen (secondary N) is 4. The Bertz CT molecular complexity index is 2530. The summed E-state index contributed by atoms with van der Waals surface area (Å²) in [6.45, 7) is 31.1. The maximum atomic E-state index is 15.2. The van der Waals surface area contributed by atoms with Crippen molar-refractivity contribution >= 4 is 70.9 Å². The Labute approximate surface area is 537 Å². The fraction of sp³-hybridized carbons (Fsp3) is 0.785. The van der Waals surface area contributed by atoms with Gasteiger partial charge in [-0.1, -0.05) is 116 Å². The molecule has 13 atom stereocenters. The van der Waals surface area contributed by atoms with Gasteiger partial charge in [0.2, 0.25) is 65.1 Å². The molecule has 0 bridgehead atoms. The summed E-state index contributed by atoms with van der Waals surface area (Å²) in [5.41, 5.74) is -0.688. The zero-order chi connectivity index (χ0) is 70.1. The Morgan fingerprint density at radius 1 is 0.511 bits per heavy atom. The molecule has 0 aliphatic carbocycles. The summed E-state index contributed by atoms with van der Waals surface area (Å²) in [6, 6.07) is -15.4. The van der Waals surface area contributed by atoms with E-state index in [2.05, 4.69) is 21.3 Å². The van der Waals surface area contributed by atoms with Crippen LogP contribution in [0.2, 0.25) is 0 Å². The second-order valence-corrected chi connectivity index (χ2v) is 27.9. The molecular weight excluding hydrogens is 1160 g/mol. The molecule has 1 aliphatic heterocycles. The molecule has 0 radical (unpaired) electrons. The lowest BCUT2D eigenvalue weighted by molar-refractivity contribution is -0.162. The van der Waals surface area contributed by atoms with Gasteiger partial charge in [-0.2, -0.15) is 0 Å². The van der Waals surface area contributed by atoms with Crippen molar-refractivity contribution in [2.24, 2.45) is 40.9 Å². The van der Waals surface area contributed by atoms with Crippen LogP contribution in [0.1, 0.15) is 163 Å². The lowest BCUT2D eigenvalue weighted by Crippen LogP contribution is -2.64. The minimum Gasteiger partial charge on any atom is -0.467 e. The van der Waals surface area contributed by atoms with Crippen LogP contribution in [0, 0.1) is 40.9 Å². The highest BCUT2D eigenvalue weighted by atomic mass is 16.5. The van der Waals surface area contributed by atoms with Gasteiger partial charge in [0.15, 0.2) is 0 Å². The van der Waals surface area contributed by atoms with Crippen LogP contribution in [0.15, 0.2) is 12.2 Å². The second-order valence-electron chi connectivity index (χ2n) is 27.9. The van der Waals surface area contributed by atoms with Crippen molar-refractivity contribution < 1.29 is 67.4 Å². The minimum absolute atomic E-state index is 0.0375. The number of amides is 11. The summed E-state index contributed by atoms with van der Waals surface area (Å²) in [5, 5.41) is 23.0. The van der Waals surface area contributed by atoms with E-state index >= 15 is 19.2 Å². The Kier molecular flexibility index (Phi) is 32.4. The number of aliphatic hydroxyl groups is 1. The molecular formula is C65H115N11O14. The Balaban J connectivity index is 4.53. The van der Waals surface area contributed by atoms with Gasteiger partial charge >= 0.3 is 5.97 Å². The van der Waals surface area contributed by atoms with Crippen LogP contribution in [0.3, 0.4) is 0 Å². The maximum absolute atomic E-state index is 15.2. The van der Waals surface area contributed by atoms with Crippen LogP contribution in [0.4, 0.5) is 0 Å². The number of ether oxygens (including phenoxy) is 1. The van der Waals surface area contributed by atoms with Crippen LogP contribution >= 0.6 is 0 Å². The number of likely N-dealkylation sites (N-methyl/N-ethyl adjacent to an activating group) is 7. The molecule has 1 heterocycles. The molecule has 514 valence electrons. The first-order valence-electron chi connectivity index (χ1n) is 31.8. The van der Waals surface area contributed by atoms with Crippen LogP contribution in [-0.2, 0) is 62.3 Å². The molecule has 1 unspecified atom stereocenters. The first kappa shape index (κ1) is 81.4. The number of hydrogen-bond acceptors (Lipinski definition) is 14. The number of nitrogens with zero attached hydrogens (tertiary/aromatic N) is 7. The summed E-state index contributed by atoms with van der Waals surface area (Å²) >= 11 is 0. The van der Waals surface area contributed by atoms with E-state index in [9.17, 15) is 43.5 Å². The van der Waals surface area contributed by atoms with Crippen LogP contribution in [0.25, 0.3) is 0 Å². The molecule has 1 aliphatic rings. The van der Waals surface area contributed by atoms with Crippen molar-refractivity contribution in [1.82, 2.24) is 55.6 Å². The van der Waals surface area contributed by atoms with Crippen LogP contribution in [0.5, 0.6) is 0 Å². The molecule has 1 rings (SSSR count). The standard InChI is InChI=1S/C65H115N11O14/c1-27-29-30-40(13)52(77)50-56(81)68-43(28-2)58(83)76(25)51(64(89)90-26)63(88)73(22)47(34-65(16,17)18)55(80)69-48(38(9)10)61(86)70(19)44(31-35(3)4)54(79)66-41(14)53(78)67-42(15)57(82)71(20)45(32-36(5)6)59(84)72(21)46(33-37(7)8)60(85)74(23)49(39(11)12)62(87)75(50)24/h27,29,35-52,77H,28,30-34H2,1-26H3,(H,66,79)(H,67,78)(H,68,81)(H,69,80)/b29-27+/t40-,41+,42-,43+,44+,45+,46+,47+,48+,49+,50+,51?,52-/m1/s1. The van der Waals surface area contributed by atoms with Gasteiger partial charge in [0, 0.05) is 49.3 Å². The Hall–Kier alpha value is -6.66. The van der Waals surface area contributed by atoms with E-state index in [1.54, 1.807) is 60.6 Å². The third-order valence-corrected chi connectivity index (χ3v) is 16.8. The zero-order valence-electron chi connectivity index (χ0n) is 59.2. The van der Waals surface area contributed by atoms with Crippen LogP contribution < -0.4 is 21.3 Å². The van der Waals surface area contributed by atoms with Gasteiger partial charge in [-0.25, -0.2) is 4.79 Å². The highest BCUT2D eigenvalue weighted by Gasteiger charge is 2.48. The van der Waals surface area contributed by atoms with Crippen molar-refractivity contribution in [2.45, 2.75) is 236 Å². The average molecular weight is 1270 g/mol. The summed E-state index contributed by atoms with van der Waals surface area (Å²) in [4.78, 5) is 184. The van der Waals surface area contributed by atoms with Crippen molar-refractivity contribution in [3.63, 3.8) is 0 Å². The summed E-state index contributed by atoms with van der Waals surface area (Å²) in [6.07, 6.45) is 2.37. The zero-order valence-corrected chi connectivity index (χ0v) is 59.2. The molecule has 1 saturated heterocycles. The number of carbonyl (C=O) groups is 12. The van der Waals surface area contributed by atoms with Gasteiger partial charge in [0.05, 0.1) is 13.2 Å². The number of hydrogen-bond donors (Lipinski definition) is 5. The normalized spacial score (nSPS) is 27.0. The van der Waals surface area contributed by atoms with Crippen molar-refractivity contribution in [2.75, 3.05) is 56.4 Å². The monoisotopic (exact) mass is 1270 g/mol. The third-order valence-electron chi connectivity index (χ3n) is 16.8. The van der Waals surface area contributed by atoms with Gasteiger partial charge < -0.3 is 65.4 Å². The predicted octanol–water partition coefficient (Wildman–Crippen LogP) is 3.20. The first-order chi connectivity index (χ1) is 41.4. The predicted molar refractivity (Wildman–Crippen MR) is 344 cm³/mol. The van der Waals surface area contributed by atoms with Crippen molar-refractivity contribution in [3.05, 3.63) is 12.2 Å². The SMILES string of the molecule is C/C=C/C[C@@H](C)[C@@H](O)[C@H]1C(=O)N[C@@H](CC)C(=O)N(C)C(C(=O)OC)C(=O)N(C)[C@@H](CC(C)(C)C)C(=O)N[C@@H](C(C)C)C(=O)N(C)[C@@H](CC(C)C)C(=O)N[C@@H](C)C(=O)N[C@H](C)C(=O)N(C)[C@@H](CC(C)C)C(=O)N(C)[C@@H](CC(C)C)C(=O)N(C)[C@@H](C(C)C)C(=O)N1C. The van der Waals surface area contributed by atoms with E-state index in [0.29, 0.717) is 0 Å². The number of esters is 1. The summed E-state index contributed by atoms with van der Waals surface area (Å²) in [7, 11) is 10.4. The number of aliphatic hydroxyl groups excluding tert-OH is 1. The van der Waals surface area contributed by atoms with E-state index in [1.807, 2.05) is 62.3 Å². The molecule has 5 N–H and O–H groups in total. The topological polar surface area (TPSA) is 305 Å².